The molecule has 0 N–H and O–H groups in total. The third kappa shape index (κ3) is 4.12. The van der Waals surface area contributed by atoms with Gasteiger partial charge in [-0.15, -0.1) is 0 Å². The number of hydrogen-bond acceptors (Lipinski definition) is 5. The van der Waals surface area contributed by atoms with Gasteiger partial charge in [-0.2, -0.15) is 0 Å². The highest BCUT2D eigenvalue weighted by molar-refractivity contribution is 7.99. The third-order valence-electron chi connectivity index (χ3n) is 5.54. The lowest BCUT2D eigenvalue weighted by Crippen LogP contribution is -2.32. The highest BCUT2D eigenvalue weighted by Crippen LogP contribution is 2.38. The minimum absolute atomic E-state index is 0.0342. The molecule has 3 aromatic rings. The zero-order valence-corrected chi connectivity index (χ0v) is 17.7. The van der Waals surface area contributed by atoms with E-state index in [2.05, 4.69) is 4.98 Å². The molecular weight excluding hydrogens is 417 g/mol. The van der Waals surface area contributed by atoms with Crippen molar-refractivity contribution in [2.45, 2.75) is 24.0 Å². The molecule has 2 aromatic carbocycles. The Labute approximate surface area is 184 Å². The van der Waals surface area contributed by atoms with Crippen molar-refractivity contribution < 1.29 is 18.7 Å². The van der Waals surface area contributed by atoms with E-state index in [0.29, 0.717) is 24.1 Å². The first-order valence-corrected chi connectivity index (χ1v) is 11.3. The number of thioether (sulfide) groups is 1. The second-order valence-electron chi connectivity index (χ2n) is 7.50. The molecule has 160 valence electrons. The van der Waals surface area contributed by atoms with Crippen molar-refractivity contribution in [2.75, 3.05) is 25.5 Å². The van der Waals surface area contributed by atoms with Crippen molar-refractivity contribution in [3.8, 4) is 17.2 Å². The molecule has 0 spiro atoms. The average molecular weight is 440 g/mol. The first kappa shape index (κ1) is 19.9. The molecule has 1 aromatic heterocycles. The number of carbonyl (C=O) groups is 1. The average Bonchev–Trinajstić information content (AvgIpc) is 3.47. The number of benzene rings is 2. The quantitative estimate of drug-likeness (QED) is 0.557. The van der Waals surface area contributed by atoms with E-state index in [-0.39, 0.29) is 23.5 Å². The summed E-state index contributed by atoms with van der Waals surface area (Å²) in [6, 6.07) is 12.3. The predicted octanol–water partition coefficient (Wildman–Crippen LogP) is 4.24. The fourth-order valence-corrected chi connectivity index (χ4v) is 4.97. The number of amides is 1. The van der Waals surface area contributed by atoms with Crippen molar-refractivity contribution in [3.63, 3.8) is 0 Å². The summed E-state index contributed by atoms with van der Waals surface area (Å²) in [5.74, 6) is 1.53. The number of carbonyl (C=O) groups excluding carboxylic acids is 1. The molecule has 2 aliphatic rings. The normalized spacial score (nSPS) is 17.7. The fourth-order valence-electron chi connectivity index (χ4n) is 4.11. The largest absolute Gasteiger partial charge is 0.486 e. The van der Waals surface area contributed by atoms with Gasteiger partial charge in [-0.3, -0.25) is 9.36 Å². The Balaban J connectivity index is 1.28. The van der Waals surface area contributed by atoms with Crippen LogP contribution in [0.5, 0.6) is 11.5 Å². The number of aromatic nitrogens is 2. The topological polar surface area (TPSA) is 56.6 Å². The molecule has 1 saturated heterocycles. The van der Waals surface area contributed by atoms with Gasteiger partial charge in [0.15, 0.2) is 16.7 Å². The molecule has 5 rings (SSSR count). The number of nitrogens with zero attached hydrogens (tertiary/aromatic N) is 3. The minimum Gasteiger partial charge on any atom is -0.486 e. The van der Waals surface area contributed by atoms with Gasteiger partial charge < -0.3 is 14.4 Å². The summed E-state index contributed by atoms with van der Waals surface area (Å²) >= 11 is 1.36. The number of ether oxygens (including phenoxy) is 2. The molecule has 6 nitrogen and oxygen atoms in total. The van der Waals surface area contributed by atoms with Crippen LogP contribution in [0, 0.1) is 5.82 Å². The summed E-state index contributed by atoms with van der Waals surface area (Å²) in [4.78, 5) is 19.4. The molecule has 8 heteroatoms. The fraction of sp³-hybridized carbons (Fsp3) is 0.304. The van der Waals surface area contributed by atoms with Crippen molar-refractivity contribution in [3.05, 3.63) is 66.2 Å². The van der Waals surface area contributed by atoms with E-state index in [1.54, 1.807) is 23.0 Å². The van der Waals surface area contributed by atoms with Gasteiger partial charge in [-0.1, -0.05) is 23.9 Å². The van der Waals surface area contributed by atoms with Crippen LogP contribution in [0.1, 0.15) is 24.4 Å². The lowest BCUT2D eigenvalue weighted by atomic mass is 10.0. The van der Waals surface area contributed by atoms with E-state index in [0.717, 1.165) is 36.4 Å². The van der Waals surface area contributed by atoms with Crippen LogP contribution < -0.4 is 9.47 Å². The second kappa shape index (κ2) is 8.63. The number of halogens is 1. The molecule has 1 atom stereocenters. The molecule has 0 unspecified atom stereocenters. The molecule has 31 heavy (non-hydrogen) atoms. The van der Waals surface area contributed by atoms with Gasteiger partial charge in [0, 0.05) is 18.9 Å². The van der Waals surface area contributed by atoms with Gasteiger partial charge in [0.25, 0.3) is 0 Å². The van der Waals surface area contributed by atoms with Crippen molar-refractivity contribution in [2.24, 2.45) is 0 Å². The van der Waals surface area contributed by atoms with Crippen LogP contribution in [0.4, 0.5) is 4.39 Å². The number of hydrogen-bond donors (Lipinski definition) is 0. The van der Waals surface area contributed by atoms with Crippen LogP contribution >= 0.6 is 11.8 Å². The van der Waals surface area contributed by atoms with E-state index in [9.17, 15) is 9.18 Å². The summed E-state index contributed by atoms with van der Waals surface area (Å²) in [6.45, 7) is 1.83. The highest BCUT2D eigenvalue weighted by atomic mass is 32.2. The second-order valence-corrected chi connectivity index (χ2v) is 8.44. The number of likely N-dealkylation sites (tertiary alicyclic amines) is 1. The Bertz CT molecular complexity index is 1100. The van der Waals surface area contributed by atoms with Gasteiger partial charge >= 0.3 is 0 Å². The molecule has 0 bridgehead atoms. The van der Waals surface area contributed by atoms with Crippen LogP contribution in [0.2, 0.25) is 0 Å². The van der Waals surface area contributed by atoms with Crippen LogP contribution in [0.3, 0.4) is 0 Å². The Kier molecular flexibility index (Phi) is 5.55. The Morgan fingerprint density at radius 1 is 1.16 bits per heavy atom. The maximum absolute atomic E-state index is 13.6. The van der Waals surface area contributed by atoms with Crippen LogP contribution in [-0.2, 0) is 4.79 Å². The van der Waals surface area contributed by atoms with Gasteiger partial charge in [0.2, 0.25) is 5.91 Å². The van der Waals surface area contributed by atoms with Crippen molar-refractivity contribution in [1.82, 2.24) is 14.5 Å². The van der Waals surface area contributed by atoms with Crippen LogP contribution in [0.15, 0.2) is 60.0 Å². The molecule has 2 aliphatic heterocycles. The van der Waals surface area contributed by atoms with Crippen LogP contribution in [0.25, 0.3) is 5.69 Å². The van der Waals surface area contributed by atoms with E-state index >= 15 is 0 Å². The molecular formula is C23H22FN3O3S. The van der Waals surface area contributed by atoms with Crippen molar-refractivity contribution in [1.29, 1.82) is 0 Å². The molecule has 1 amide bonds. The van der Waals surface area contributed by atoms with Gasteiger partial charge in [-0.25, -0.2) is 9.37 Å². The number of imidazole rings is 1. The first-order chi connectivity index (χ1) is 15.2. The Morgan fingerprint density at radius 2 is 2.03 bits per heavy atom. The maximum Gasteiger partial charge on any atom is 0.233 e. The van der Waals surface area contributed by atoms with E-state index < -0.39 is 0 Å². The smallest absolute Gasteiger partial charge is 0.233 e. The van der Waals surface area contributed by atoms with E-state index in [1.807, 2.05) is 29.2 Å². The summed E-state index contributed by atoms with van der Waals surface area (Å²) in [5.41, 5.74) is 1.75. The zero-order valence-electron chi connectivity index (χ0n) is 16.9. The molecule has 1 fully saturated rings. The first-order valence-electron chi connectivity index (χ1n) is 10.3. The molecule has 0 saturated carbocycles. The lowest BCUT2D eigenvalue weighted by Gasteiger charge is -2.26. The van der Waals surface area contributed by atoms with Gasteiger partial charge in [0.05, 0.1) is 17.5 Å². The lowest BCUT2D eigenvalue weighted by molar-refractivity contribution is -0.129. The monoisotopic (exact) mass is 439 g/mol. The summed E-state index contributed by atoms with van der Waals surface area (Å²) < 4.78 is 26.7. The van der Waals surface area contributed by atoms with Crippen molar-refractivity contribution >= 4 is 17.7 Å². The summed E-state index contributed by atoms with van der Waals surface area (Å²) in [6.07, 6.45) is 5.32. The Hall–Kier alpha value is -3.00. The van der Waals surface area contributed by atoms with Gasteiger partial charge in [-0.05, 0) is 48.7 Å². The minimum atomic E-state index is -0.308. The van der Waals surface area contributed by atoms with Crippen LogP contribution in [-0.4, -0.2) is 45.9 Å². The van der Waals surface area contributed by atoms with E-state index in [4.69, 9.17) is 9.47 Å². The number of rotatable bonds is 5. The summed E-state index contributed by atoms with van der Waals surface area (Å²) in [7, 11) is 0. The molecule has 0 radical (unpaired) electrons. The van der Waals surface area contributed by atoms with Gasteiger partial charge in [0.1, 0.15) is 19.0 Å². The molecule has 3 heterocycles. The highest BCUT2D eigenvalue weighted by Gasteiger charge is 2.31. The Morgan fingerprint density at radius 3 is 2.90 bits per heavy atom. The maximum atomic E-state index is 13.6. The SMILES string of the molecule is O=C(CSc1nccn1-c1cccc(F)c1)N1CCC[C@H]1c1ccc2c(c1)OCCO2. The predicted molar refractivity (Wildman–Crippen MR) is 115 cm³/mol. The molecule has 0 aliphatic carbocycles. The third-order valence-corrected chi connectivity index (χ3v) is 6.49. The van der Waals surface area contributed by atoms with E-state index in [1.165, 1.54) is 23.9 Å². The summed E-state index contributed by atoms with van der Waals surface area (Å²) in [5, 5.41) is 0.661. The zero-order chi connectivity index (χ0) is 21.2. The standard InChI is InChI=1S/C23H22FN3O3S/c24-17-3-1-4-18(14-17)26-10-8-25-23(26)31-15-22(28)27-9-2-5-19(27)16-6-7-20-21(13-16)30-12-11-29-20/h1,3-4,6-8,10,13-14,19H,2,5,9,11-12,15H2/t19-/m0/s1. The number of fused-ring (bicyclic) bond motifs is 1.